The van der Waals surface area contributed by atoms with Crippen LogP contribution in [0.4, 0.5) is 0 Å². The average molecular weight is 358 g/mol. The van der Waals surface area contributed by atoms with Crippen molar-refractivity contribution in [1.29, 1.82) is 0 Å². The topological polar surface area (TPSA) is 54.9 Å². The van der Waals surface area contributed by atoms with Crippen molar-refractivity contribution in [3.63, 3.8) is 0 Å². The first-order chi connectivity index (χ1) is 9.45. The maximum Gasteiger partial charge on any atom is 0.334 e. The molecule has 1 aromatic heterocycles. The molecule has 0 aliphatic carbocycles. The van der Waals surface area contributed by atoms with Crippen molar-refractivity contribution in [1.82, 2.24) is 9.55 Å². The van der Waals surface area contributed by atoms with Gasteiger partial charge in [0, 0.05) is 4.47 Å². The lowest BCUT2D eigenvalue weighted by molar-refractivity contribution is 0.808. The Kier molecular flexibility index (Phi) is 4.50. The van der Waals surface area contributed by atoms with Crippen LogP contribution < -0.4 is 11.2 Å². The molecular weight excluding hydrogens is 344 g/mol. The number of benzene rings is 1. The van der Waals surface area contributed by atoms with Crippen molar-refractivity contribution in [2.75, 3.05) is 0 Å². The summed E-state index contributed by atoms with van der Waals surface area (Å²) in [5.41, 5.74) is 0.956. The first-order valence-corrected chi connectivity index (χ1v) is 7.43. The number of aryl methyl sites for hydroxylation is 1. The van der Waals surface area contributed by atoms with E-state index in [-0.39, 0.29) is 10.7 Å². The van der Waals surface area contributed by atoms with Gasteiger partial charge in [0.2, 0.25) is 0 Å². The van der Waals surface area contributed by atoms with Gasteiger partial charge in [-0.15, -0.1) is 0 Å². The lowest BCUT2D eigenvalue weighted by Crippen LogP contribution is -2.36. The van der Waals surface area contributed by atoms with Gasteiger partial charge in [0.25, 0.3) is 5.56 Å². The van der Waals surface area contributed by atoms with Crippen LogP contribution >= 0.6 is 27.5 Å². The molecule has 0 atom stereocenters. The number of H-pyrrole nitrogens is 1. The number of nitrogens with zero attached hydrogens (tertiary/aromatic N) is 1. The van der Waals surface area contributed by atoms with Gasteiger partial charge < -0.3 is 0 Å². The molecule has 6 heteroatoms. The number of hydrogen-bond donors (Lipinski definition) is 1. The summed E-state index contributed by atoms with van der Waals surface area (Å²) < 4.78 is 2.03. The first kappa shape index (κ1) is 15.1. The summed E-state index contributed by atoms with van der Waals surface area (Å²) in [6.45, 7) is 3.80. The highest BCUT2D eigenvalue weighted by Crippen LogP contribution is 2.18. The molecule has 0 aliphatic heterocycles. The molecule has 0 saturated carbocycles. The summed E-state index contributed by atoms with van der Waals surface area (Å²) in [7, 11) is 0. The fourth-order valence-corrected chi connectivity index (χ4v) is 2.83. The van der Waals surface area contributed by atoms with E-state index < -0.39 is 5.69 Å². The molecule has 0 aliphatic rings. The molecule has 0 radical (unpaired) electrons. The Hall–Kier alpha value is -1.33. The molecule has 0 amide bonds. The van der Waals surface area contributed by atoms with Crippen molar-refractivity contribution in [2.24, 2.45) is 0 Å². The number of aromatic nitrogens is 2. The molecule has 0 bridgehead atoms. The second kappa shape index (κ2) is 5.97. The van der Waals surface area contributed by atoms with Crippen LogP contribution in [0, 0.1) is 6.92 Å². The van der Waals surface area contributed by atoms with Gasteiger partial charge in [-0.05, 0) is 37.1 Å². The van der Waals surface area contributed by atoms with Crippen LogP contribution in [0.25, 0.3) is 5.69 Å². The van der Waals surface area contributed by atoms with E-state index in [0.29, 0.717) is 17.7 Å². The van der Waals surface area contributed by atoms with E-state index in [1.54, 1.807) is 12.1 Å². The predicted octanol–water partition coefficient (Wildman–Crippen LogP) is 3.20. The number of hydrogen-bond acceptors (Lipinski definition) is 2. The first-order valence-electron chi connectivity index (χ1n) is 6.26. The van der Waals surface area contributed by atoms with E-state index in [0.717, 1.165) is 21.0 Å². The molecule has 2 rings (SSSR count). The minimum absolute atomic E-state index is 0.132. The Morgan fingerprint density at radius 1 is 1.35 bits per heavy atom. The maximum atomic E-state index is 12.5. The lowest BCUT2D eigenvalue weighted by atomic mass is 10.1. The van der Waals surface area contributed by atoms with E-state index in [1.165, 1.54) is 0 Å². The van der Waals surface area contributed by atoms with Gasteiger partial charge in [0.1, 0.15) is 5.15 Å². The Balaban J connectivity index is 2.77. The molecule has 0 unspecified atom stereocenters. The molecule has 20 heavy (non-hydrogen) atoms. The Bertz CT molecular complexity index is 765. The smallest absolute Gasteiger partial charge is 0.297 e. The van der Waals surface area contributed by atoms with Crippen LogP contribution in [0.2, 0.25) is 5.15 Å². The molecule has 0 fully saturated rings. The van der Waals surface area contributed by atoms with Crippen LogP contribution in [0.5, 0.6) is 0 Å². The van der Waals surface area contributed by atoms with E-state index >= 15 is 0 Å². The Morgan fingerprint density at radius 2 is 2.05 bits per heavy atom. The number of aromatic amines is 1. The normalized spacial score (nSPS) is 10.8. The third-order valence-corrected chi connectivity index (χ3v) is 3.86. The Morgan fingerprint density at radius 3 is 2.65 bits per heavy atom. The largest absolute Gasteiger partial charge is 0.334 e. The number of halogens is 2. The van der Waals surface area contributed by atoms with E-state index in [4.69, 9.17) is 11.6 Å². The molecule has 0 spiro atoms. The average Bonchev–Trinajstić information content (AvgIpc) is 2.37. The van der Waals surface area contributed by atoms with Crippen molar-refractivity contribution >= 4 is 27.5 Å². The van der Waals surface area contributed by atoms with Gasteiger partial charge >= 0.3 is 5.69 Å². The number of rotatable bonds is 3. The van der Waals surface area contributed by atoms with Gasteiger partial charge in [0.15, 0.2) is 0 Å². The van der Waals surface area contributed by atoms with Crippen molar-refractivity contribution in [2.45, 2.75) is 26.7 Å². The molecule has 2 aromatic rings. The molecule has 4 nitrogen and oxygen atoms in total. The molecular formula is C14H14BrClN2O2. The summed E-state index contributed by atoms with van der Waals surface area (Å²) >= 11 is 9.32. The maximum absolute atomic E-state index is 12.5. The third kappa shape index (κ3) is 2.74. The highest BCUT2D eigenvalue weighted by Gasteiger charge is 2.14. The number of nitrogens with one attached hydrogen (secondary N) is 1. The minimum Gasteiger partial charge on any atom is -0.297 e. The second-order valence-corrected chi connectivity index (χ2v) is 5.84. The fraction of sp³-hybridized carbons (Fsp3) is 0.286. The van der Waals surface area contributed by atoms with Crippen LogP contribution in [0.15, 0.2) is 32.3 Å². The zero-order valence-corrected chi connectivity index (χ0v) is 13.5. The van der Waals surface area contributed by atoms with Gasteiger partial charge in [-0.1, -0.05) is 40.9 Å². The van der Waals surface area contributed by atoms with Crippen LogP contribution in [0.3, 0.4) is 0 Å². The van der Waals surface area contributed by atoms with Gasteiger partial charge in [0.05, 0.1) is 11.3 Å². The third-order valence-electron chi connectivity index (χ3n) is 3.05. The summed E-state index contributed by atoms with van der Waals surface area (Å²) in [4.78, 5) is 27.1. The van der Waals surface area contributed by atoms with Crippen molar-refractivity contribution in [3.8, 4) is 5.69 Å². The zero-order valence-electron chi connectivity index (χ0n) is 11.2. The van der Waals surface area contributed by atoms with Crippen molar-refractivity contribution in [3.05, 3.63) is 59.8 Å². The van der Waals surface area contributed by atoms with Crippen LogP contribution in [-0.2, 0) is 6.42 Å². The van der Waals surface area contributed by atoms with E-state index in [1.807, 2.05) is 19.9 Å². The van der Waals surface area contributed by atoms with E-state index in [9.17, 15) is 9.59 Å². The molecule has 106 valence electrons. The monoisotopic (exact) mass is 356 g/mol. The SMILES string of the molecule is CCCc1c(Cl)[nH]c(=O)n(-c2ccc(Br)cc2C)c1=O. The second-order valence-electron chi connectivity index (χ2n) is 4.54. The fourth-order valence-electron chi connectivity index (χ4n) is 2.10. The van der Waals surface area contributed by atoms with Gasteiger partial charge in [-0.25, -0.2) is 9.36 Å². The van der Waals surface area contributed by atoms with Gasteiger partial charge in [-0.3, -0.25) is 9.78 Å². The van der Waals surface area contributed by atoms with Crippen LogP contribution in [0.1, 0.15) is 24.5 Å². The summed E-state index contributed by atoms with van der Waals surface area (Å²) in [5, 5.41) is 0.132. The standard InChI is InChI=1S/C14H14BrClN2O2/c1-3-4-10-12(16)17-14(20)18(13(10)19)11-6-5-9(15)7-8(11)2/h5-7H,3-4H2,1-2H3,(H,17,20). The molecule has 1 N–H and O–H groups in total. The summed E-state index contributed by atoms with van der Waals surface area (Å²) in [5.74, 6) is 0. The zero-order chi connectivity index (χ0) is 14.9. The lowest BCUT2D eigenvalue weighted by Gasteiger charge is -2.11. The van der Waals surface area contributed by atoms with Crippen LogP contribution in [-0.4, -0.2) is 9.55 Å². The quantitative estimate of drug-likeness (QED) is 0.858. The minimum atomic E-state index is -0.523. The molecule has 0 saturated heterocycles. The highest BCUT2D eigenvalue weighted by molar-refractivity contribution is 9.10. The Labute approximate surface area is 129 Å². The summed E-state index contributed by atoms with van der Waals surface area (Å²) in [6.07, 6.45) is 1.31. The molecule has 1 heterocycles. The van der Waals surface area contributed by atoms with E-state index in [2.05, 4.69) is 20.9 Å². The highest BCUT2D eigenvalue weighted by atomic mass is 79.9. The summed E-state index contributed by atoms with van der Waals surface area (Å²) in [6, 6.07) is 5.39. The van der Waals surface area contributed by atoms with Crippen molar-refractivity contribution < 1.29 is 0 Å². The van der Waals surface area contributed by atoms with Gasteiger partial charge in [-0.2, -0.15) is 0 Å². The predicted molar refractivity (Wildman–Crippen MR) is 84.1 cm³/mol. The molecule has 1 aromatic carbocycles.